The number of halogens is 2. The average Bonchev–Trinajstić information content (AvgIpc) is 2.24. The van der Waals surface area contributed by atoms with Crippen molar-refractivity contribution in [1.82, 2.24) is 0 Å². The first-order chi connectivity index (χ1) is 7.09. The molecule has 0 aliphatic heterocycles. The molecule has 3 N–H and O–H groups in total. The van der Waals surface area contributed by atoms with E-state index in [1.54, 1.807) is 0 Å². The number of carbonyl (C=O) groups is 1. The first-order valence-electron chi connectivity index (χ1n) is 4.28. The largest absolute Gasteiger partial charge is 0.480 e. The van der Waals surface area contributed by atoms with Crippen molar-refractivity contribution in [3.05, 3.63) is 35.4 Å². The number of aliphatic carboxylic acids is 1. The molecule has 0 bridgehead atoms. The fraction of sp³-hybridized carbons (Fsp3) is 0.300. The van der Waals surface area contributed by atoms with Gasteiger partial charge in [0.1, 0.15) is 6.04 Å². The number of carboxylic acid groups (broad SMARTS) is 1. The fourth-order valence-corrected chi connectivity index (χ4v) is 1.07. The van der Waals surface area contributed by atoms with Gasteiger partial charge in [-0.25, -0.2) is 0 Å². The van der Waals surface area contributed by atoms with Gasteiger partial charge in [0.15, 0.2) is 0 Å². The Bertz CT molecular complexity index is 301. The molecule has 3 nitrogen and oxygen atoms in total. The smallest absolute Gasteiger partial charge is 0.320 e. The standard InChI is InChI=1S/C10H13NO2.I2/c1-7-2-4-8(5-3-7)6-9(11)10(12)13;1-2/h2-5,9H,6,11H2,1H3,(H,12,13);/t9-;/m1./s1. The highest BCUT2D eigenvalue weighted by Gasteiger charge is 2.11. The number of hydrogen-bond donors (Lipinski definition) is 2. The quantitative estimate of drug-likeness (QED) is 0.722. The topological polar surface area (TPSA) is 63.3 Å². The van der Waals surface area contributed by atoms with Crippen molar-refractivity contribution in [3.63, 3.8) is 0 Å². The molecule has 0 fully saturated rings. The molecule has 1 aromatic rings. The van der Waals surface area contributed by atoms with Crippen LogP contribution in [0.5, 0.6) is 0 Å². The molecule has 84 valence electrons. The van der Waals surface area contributed by atoms with Crippen molar-refractivity contribution in [2.45, 2.75) is 19.4 Å². The van der Waals surface area contributed by atoms with Crippen molar-refractivity contribution >= 4 is 43.2 Å². The Morgan fingerprint density at radius 3 is 2.27 bits per heavy atom. The maximum Gasteiger partial charge on any atom is 0.320 e. The van der Waals surface area contributed by atoms with Gasteiger partial charge in [-0.2, -0.15) is 0 Å². The van der Waals surface area contributed by atoms with Gasteiger partial charge < -0.3 is 10.8 Å². The maximum absolute atomic E-state index is 10.4. The summed E-state index contributed by atoms with van der Waals surface area (Å²) in [6.07, 6.45) is 0.385. The molecule has 0 saturated carbocycles. The molecule has 0 heterocycles. The second-order valence-electron chi connectivity index (χ2n) is 3.13. The highest BCUT2D eigenvalue weighted by molar-refractivity contribution is 15.0. The van der Waals surface area contributed by atoms with Crippen LogP contribution in [0.25, 0.3) is 0 Å². The van der Waals surface area contributed by atoms with Gasteiger partial charge in [-0.1, -0.05) is 29.8 Å². The molecule has 0 aliphatic rings. The molecule has 0 radical (unpaired) electrons. The third kappa shape index (κ3) is 6.31. The van der Waals surface area contributed by atoms with Crippen LogP contribution < -0.4 is 5.73 Å². The van der Waals surface area contributed by atoms with E-state index >= 15 is 0 Å². The van der Waals surface area contributed by atoms with Crippen LogP contribution in [0.3, 0.4) is 0 Å². The zero-order valence-electron chi connectivity index (χ0n) is 8.28. The number of carboxylic acids is 1. The highest BCUT2D eigenvalue weighted by atomic mass is 128. The first-order valence-corrected chi connectivity index (χ1v) is 10.6. The lowest BCUT2D eigenvalue weighted by Gasteiger charge is -2.05. The first kappa shape index (κ1) is 15.1. The Morgan fingerprint density at radius 2 is 1.87 bits per heavy atom. The van der Waals surface area contributed by atoms with E-state index in [4.69, 9.17) is 10.8 Å². The molecule has 15 heavy (non-hydrogen) atoms. The minimum Gasteiger partial charge on any atom is -0.480 e. The van der Waals surface area contributed by atoms with Gasteiger partial charge in [-0.15, -0.1) is 0 Å². The average molecular weight is 433 g/mol. The van der Waals surface area contributed by atoms with E-state index in [0.29, 0.717) is 6.42 Å². The Balaban J connectivity index is 0.000000921. The van der Waals surface area contributed by atoms with Crippen molar-refractivity contribution in [2.75, 3.05) is 0 Å². The Kier molecular flexibility index (Phi) is 8.34. The third-order valence-electron chi connectivity index (χ3n) is 1.89. The van der Waals surface area contributed by atoms with E-state index in [2.05, 4.69) is 37.2 Å². The van der Waals surface area contributed by atoms with E-state index in [1.165, 1.54) is 0 Å². The molecule has 1 atom stereocenters. The van der Waals surface area contributed by atoms with Crippen molar-refractivity contribution in [1.29, 1.82) is 0 Å². The second kappa shape index (κ2) is 8.28. The number of rotatable bonds is 3. The summed E-state index contributed by atoms with van der Waals surface area (Å²) >= 11 is 4.24. The van der Waals surface area contributed by atoms with E-state index in [-0.39, 0.29) is 0 Å². The number of hydrogen-bond acceptors (Lipinski definition) is 2. The van der Waals surface area contributed by atoms with Crippen molar-refractivity contribution < 1.29 is 9.90 Å². The van der Waals surface area contributed by atoms with Gasteiger partial charge in [0.25, 0.3) is 0 Å². The van der Waals surface area contributed by atoms with Crippen LogP contribution in [0, 0.1) is 6.92 Å². The number of benzene rings is 1. The van der Waals surface area contributed by atoms with Crippen LogP contribution in [-0.2, 0) is 11.2 Å². The molecule has 0 aromatic heterocycles. The van der Waals surface area contributed by atoms with E-state index in [9.17, 15) is 4.79 Å². The van der Waals surface area contributed by atoms with Crippen LogP contribution in [0.15, 0.2) is 24.3 Å². The summed E-state index contributed by atoms with van der Waals surface area (Å²) in [7, 11) is 0. The molecule has 0 aliphatic carbocycles. The van der Waals surface area contributed by atoms with Crippen LogP contribution in [-0.4, -0.2) is 17.1 Å². The fourth-order valence-electron chi connectivity index (χ4n) is 1.07. The summed E-state index contributed by atoms with van der Waals surface area (Å²) in [4.78, 5) is 10.4. The van der Waals surface area contributed by atoms with Gasteiger partial charge in [0, 0.05) is 37.2 Å². The van der Waals surface area contributed by atoms with Gasteiger partial charge >= 0.3 is 5.97 Å². The van der Waals surface area contributed by atoms with Crippen LogP contribution in [0.1, 0.15) is 11.1 Å². The molecular formula is C10H13I2NO2. The molecule has 1 aromatic carbocycles. The predicted octanol–water partition coefficient (Wildman–Crippen LogP) is 2.72. The van der Waals surface area contributed by atoms with Crippen molar-refractivity contribution in [2.24, 2.45) is 5.73 Å². The molecular weight excluding hydrogens is 420 g/mol. The molecule has 1 rings (SSSR count). The van der Waals surface area contributed by atoms with Gasteiger partial charge in [-0.05, 0) is 18.9 Å². The lowest BCUT2D eigenvalue weighted by atomic mass is 10.1. The monoisotopic (exact) mass is 433 g/mol. The Hall–Kier alpha value is 0.110. The minimum atomic E-state index is -0.958. The molecule has 0 unspecified atom stereocenters. The highest BCUT2D eigenvalue weighted by Crippen LogP contribution is 2.05. The second-order valence-corrected chi connectivity index (χ2v) is 3.13. The van der Waals surface area contributed by atoms with Gasteiger partial charge in [-0.3, -0.25) is 4.79 Å². The minimum absolute atomic E-state index is 0.385. The van der Waals surface area contributed by atoms with Crippen LogP contribution in [0.2, 0.25) is 0 Å². The van der Waals surface area contributed by atoms with Crippen LogP contribution >= 0.6 is 37.2 Å². The maximum atomic E-state index is 10.4. The van der Waals surface area contributed by atoms with E-state index in [0.717, 1.165) is 11.1 Å². The Morgan fingerprint density at radius 1 is 1.40 bits per heavy atom. The number of aryl methyl sites for hydroxylation is 1. The summed E-state index contributed by atoms with van der Waals surface area (Å²) < 4.78 is 0. The van der Waals surface area contributed by atoms with E-state index < -0.39 is 12.0 Å². The van der Waals surface area contributed by atoms with Gasteiger partial charge in [0.05, 0.1) is 0 Å². The summed E-state index contributed by atoms with van der Waals surface area (Å²) in [5, 5.41) is 8.57. The lowest BCUT2D eigenvalue weighted by Crippen LogP contribution is -2.32. The molecule has 0 saturated heterocycles. The zero-order valence-corrected chi connectivity index (χ0v) is 12.6. The normalized spacial score (nSPS) is 11.2. The summed E-state index contributed by atoms with van der Waals surface area (Å²) in [5.41, 5.74) is 7.51. The predicted molar refractivity (Wildman–Crippen MR) is 78.5 cm³/mol. The summed E-state index contributed by atoms with van der Waals surface area (Å²) in [5.74, 6) is -0.958. The Labute approximate surface area is 113 Å². The lowest BCUT2D eigenvalue weighted by molar-refractivity contribution is -0.138. The zero-order chi connectivity index (χ0) is 11.8. The van der Waals surface area contributed by atoms with Crippen molar-refractivity contribution in [3.8, 4) is 0 Å². The molecule has 5 heteroatoms. The summed E-state index contributed by atoms with van der Waals surface area (Å²) in [6.45, 7) is 1.99. The van der Waals surface area contributed by atoms with Crippen LogP contribution in [0.4, 0.5) is 0 Å². The molecule has 0 spiro atoms. The molecule has 0 amide bonds. The van der Waals surface area contributed by atoms with Gasteiger partial charge in [0.2, 0.25) is 0 Å². The summed E-state index contributed by atoms with van der Waals surface area (Å²) in [6, 6.07) is 6.90. The SMILES string of the molecule is Cc1ccc(C[C@@H](N)C(=O)O)cc1.II. The third-order valence-corrected chi connectivity index (χ3v) is 1.89. The number of nitrogens with two attached hydrogens (primary N) is 1. The van der Waals surface area contributed by atoms with E-state index in [1.807, 2.05) is 31.2 Å².